The topological polar surface area (TPSA) is 89.4 Å². The molecule has 31 heavy (non-hydrogen) atoms. The van der Waals surface area contributed by atoms with Gasteiger partial charge < -0.3 is 16.4 Å². The minimum atomic E-state index is -1.00. The normalized spacial score (nSPS) is 24.3. The van der Waals surface area contributed by atoms with Crippen molar-refractivity contribution >= 4 is 35.8 Å². The Bertz CT molecular complexity index is 893. The van der Waals surface area contributed by atoms with Crippen molar-refractivity contribution in [2.24, 2.45) is 16.9 Å². The molecule has 7 heteroatoms. The summed E-state index contributed by atoms with van der Waals surface area (Å²) in [6.45, 7) is 0. The van der Waals surface area contributed by atoms with Crippen molar-refractivity contribution in [2.45, 2.75) is 43.6 Å². The molecule has 168 valence electrons. The number of carbonyl (C=O) groups excluding carboxylic acids is 2. The highest BCUT2D eigenvalue weighted by molar-refractivity contribution is 6.30. The monoisotopic (exact) mass is 463 g/mol. The van der Waals surface area contributed by atoms with Gasteiger partial charge in [0.15, 0.2) is 0 Å². The van der Waals surface area contributed by atoms with E-state index >= 15 is 0 Å². The molecular weight excluding hydrogens is 433 g/mol. The van der Waals surface area contributed by atoms with Gasteiger partial charge in [-0.2, -0.15) is 0 Å². The molecule has 4 N–H and O–H groups in total. The van der Waals surface area contributed by atoms with Crippen LogP contribution >= 0.6 is 24.0 Å². The predicted molar refractivity (Wildman–Crippen MR) is 127 cm³/mol. The number of hydrogen-bond donors (Lipinski definition) is 2. The molecule has 5 nitrogen and oxygen atoms in total. The summed E-state index contributed by atoms with van der Waals surface area (Å²) in [5.41, 5.74) is 12.6. The highest BCUT2D eigenvalue weighted by atomic mass is 35.5. The fourth-order valence-electron chi connectivity index (χ4n) is 5.01. The fourth-order valence-corrected chi connectivity index (χ4v) is 5.13. The molecule has 0 spiro atoms. The minimum Gasteiger partial charge on any atom is -0.369 e. The van der Waals surface area contributed by atoms with Crippen LogP contribution in [0, 0.1) is 5.41 Å². The van der Waals surface area contributed by atoms with Crippen LogP contribution in [0.5, 0.6) is 0 Å². The number of hydrogen-bond acceptors (Lipinski definition) is 3. The molecule has 2 amide bonds. The van der Waals surface area contributed by atoms with Crippen molar-refractivity contribution < 1.29 is 9.59 Å². The van der Waals surface area contributed by atoms with E-state index in [2.05, 4.69) is 31.1 Å². The Morgan fingerprint density at radius 2 is 1.52 bits per heavy atom. The first kappa shape index (κ1) is 25.2. The van der Waals surface area contributed by atoms with E-state index in [4.69, 9.17) is 23.1 Å². The lowest BCUT2D eigenvalue weighted by atomic mass is 9.58. The van der Waals surface area contributed by atoms with E-state index in [0.29, 0.717) is 23.4 Å². The third kappa shape index (κ3) is 5.05. The molecule has 1 aliphatic rings. The molecule has 0 heterocycles. The molecule has 3 rings (SSSR count). The molecule has 1 unspecified atom stereocenters. The van der Waals surface area contributed by atoms with Crippen LogP contribution in [-0.2, 0) is 16.0 Å². The van der Waals surface area contributed by atoms with Crippen LogP contribution < -0.4 is 11.5 Å². The van der Waals surface area contributed by atoms with Gasteiger partial charge in [-0.1, -0.05) is 54.1 Å². The van der Waals surface area contributed by atoms with Gasteiger partial charge in [0, 0.05) is 10.6 Å². The highest BCUT2D eigenvalue weighted by Crippen LogP contribution is 2.51. The molecule has 0 saturated heterocycles. The van der Waals surface area contributed by atoms with Gasteiger partial charge in [0.2, 0.25) is 11.8 Å². The summed E-state index contributed by atoms with van der Waals surface area (Å²) in [4.78, 5) is 27.6. The lowest BCUT2D eigenvalue weighted by molar-refractivity contribution is -0.139. The molecule has 0 bridgehead atoms. The van der Waals surface area contributed by atoms with Crippen LogP contribution in [0.2, 0.25) is 5.02 Å². The van der Waals surface area contributed by atoms with Gasteiger partial charge in [-0.25, -0.2) is 0 Å². The second-order valence-corrected chi connectivity index (χ2v) is 9.12. The van der Waals surface area contributed by atoms with E-state index in [0.717, 1.165) is 19.3 Å². The van der Waals surface area contributed by atoms with Crippen molar-refractivity contribution in [3.8, 4) is 0 Å². The molecule has 2 aromatic carbocycles. The number of benzene rings is 2. The Labute approximate surface area is 195 Å². The Morgan fingerprint density at radius 3 is 1.97 bits per heavy atom. The van der Waals surface area contributed by atoms with Gasteiger partial charge in [0.25, 0.3) is 0 Å². The van der Waals surface area contributed by atoms with Gasteiger partial charge in [0.1, 0.15) is 0 Å². The van der Waals surface area contributed by atoms with Crippen molar-refractivity contribution in [2.75, 3.05) is 14.1 Å². The standard InChI is InChI=1S/C24H30ClN3O2.ClH/c1-28(2)23(16-17-6-4-3-5-7-17)12-14-24(15-13-23,22(27)30)20(21(26)29)18-8-10-19(25)11-9-18;/h3-11,20H,12-16H2,1-2H3,(H2,26,29)(H2,27,30);1H. The van der Waals surface area contributed by atoms with E-state index in [9.17, 15) is 9.59 Å². The summed E-state index contributed by atoms with van der Waals surface area (Å²) in [6, 6.07) is 17.3. The van der Waals surface area contributed by atoms with Crippen LogP contribution in [0.25, 0.3) is 0 Å². The maximum absolute atomic E-state index is 12.8. The zero-order chi connectivity index (χ0) is 21.9. The molecule has 1 atom stereocenters. The van der Waals surface area contributed by atoms with Crippen LogP contribution in [0.3, 0.4) is 0 Å². The largest absolute Gasteiger partial charge is 0.369 e. The molecule has 0 radical (unpaired) electrons. The Balaban J connectivity index is 0.00000341. The molecule has 1 aliphatic carbocycles. The maximum atomic E-state index is 12.8. The van der Waals surface area contributed by atoms with E-state index in [1.165, 1.54) is 5.56 Å². The highest BCUT2D eigenvalue weighted by Gasteiger charge is 2.53. The fraction of sp³-hybridized carbons (Fsp3) is 0.417. The Morgan fingerprint density at radius 1 is 0.968 bits per heavy atom. The first-order valence-electron chi connectivity index (χ1n) is 10.3. The lowest BCUT2D eigenvalue weighted by Crippen LogP contribution is -2.56. The van der Waals surface area contributed by atoms with Crippen LogP contribution in [0.1, 0.15) is 42.7 Å². The number of nitrogens with two attached hydrogens (primary N) is 2. The number of rotatable bonds is 7. The summed E-state index contributed by atoms with van der Waals surface area (Å²) < 4.78 is 0. The maximum Gasteiger partial charge on any atom is 0.226 e. The first-order chi connectivity index (χ1) is 14.2. The first-order valence-corrected chi connectivity index (χ1v) is 10.6. The summed E-state index contributed by atoms with van der Waals surface area (Å²) in [7, 11) is 4.15. The number of halogens is 2. The third-order valence-electron chi connectivity index (χ3n) is 6.93. The average Bonchev–Trinajstić information content (AvgIpc) is 2.71. The molecule has 2 aromatic rings. The number of primary amides is 2. The van der Waals surface area contributed by atoms with Crippen molar-refractivity contribution in [1.29, 1.82) is 0 Å². The van der Waals surface area contributed by atoms with Gasteiger partial charge in [-0.05, 0) is 69.5 Å². The minimum absolute atomic E-state index is 0. The summed E-state index contributed by atoms with van der Waals surface area (Å²) >= 11 is 6.01. The quantitative estimate of drug-likeness (QED) is 0.651. The van der Waals surface area contributed by atoms with Gasteiger partial charge in [-0.15, -0.1) is 12.4 Å². The van der Waals surface area contributed by atoms with E-state index < -0.39 is 23.1 Å². The predicted octanol–water partition coefficient (Wildman–Crippen LogP) is 3.92. The molecule has 0 aliphatic heterocycles. The van der Waals surface area contributed by atoms with Gasteiger partial charge in [-0.3, -0.25) is 9.59 Å². The van der Waals surface area contributed by atoms with Crippen LogP contribution in [0.15, 0.2) is 54.6 Å². The Hall–Kier alpha value is -2.08. The number of likely N-dealkylation sites (N-methyl/N-ethyl adjacent to an activating group) is 1. The number of nitrogens with zero attached hydrogens (tertiary/aromatic N) is 1. The number of amides is 2. The molecule has 1 saturated carbocycles. The van der Waals surface area contributed by atoms with Crippen molar-refractivity contribution in [1.82, 2.24) is 4.90 Å². The second kappa shape index (κ2) is 10.0. The zero-order valence-corrected chi connectivity index (χ0v) is 19.6. The summed E-state index contributed by atoms with van der Waals surface area (Å²) in [5.74, 6) is -1.77. The number of carbonyl (C=O) groups is 2. The molecule has 1 fully saturated rings. The average molecular weight is 464 g/mol. The van der Waals surface area contributed by atoms with Crippen molar-refractivity contribution in [3.63, 3.8) is 0 Å². The SMILES string of the molecule is CN(C)C1(Cc2ccccc2)CCC(C(N)=O)(C(C(N)=O)c2ccc(Cl)cc2)CC1.Cl. The van der Waals surface area contributed by atoms with E-state index in [1.807, 2.05) is 18.2 Å². The van der Waals surface area contributed by atoms with E-state index in [-0.39, 0.29) is 17.9 Å². The van der Waals surface area contributed by atoms with Crippen LogP contribution in [-0.4, -0.2) is 36.3 Å². The second-order valence-electron chi connectivity index (χ2n) is 8.69. The van der Waals surface area contributed by atoms with E-state index in [1.54, 1.807) is 24.3 Å². The van der Waals surface area contributed by atoms with Crippen LogP contribution in [0.4, 0.5) is 0 Å². The molecular formula is C24H31Cl2N3O2. The summed E-state index contributed by atoms with van der Waals surface area (Å²) in [6.07, 6.45) is 3.37. The summed E-state index contributed by atoms with van der Waals surface area (Å²) in [5, 5.41) is 0.563. The van der Waals surface area contributed by atoms with Gasteiger partial charge in [0.05, 0.1) is 11.3 Å². The smallest absolute Gasteiger partial charge is 0.226 e. The Kier molecular flexibility index (Phi) is 8.15. The van der Waals surface area contributed by atoms with Crippen molar-refractivity contribution in [3.05, 3.63) is 70.7 Å². The zero-order valence-electron chi connectivity index (χ0n) is 18.0. The lowest BCUT2D eigenvalue weighted by Gasteiger charge is -2.50. The third-order valence-corrected chi connectivity index (χ3v) is 7.18. The van der Waals surface area contributed by atoms with Gasteiger partial charge >= 0.3 is 0 Å². The molecule has 0 aromatic heterocycles.